The molecule has 3 unspecified atom stereocenters. The van der Waals surface area contributed by atoms with Crippen LogP contribution in [0.1, 0.15) is 60.0 Å². The van der Waals surface area contributed by atoms with Gasteiger partial charge in [0.2, 0.25) is 11.8 Å². The monoisotopic (exact) mass is 396 g/mol. The van der Waals surface area contributed by atoms with Gasteiger partial charge in [0.05, 0.1) is 0 Å². The number of benzene rings is 1. The average molecular weight is 396 g/mol. The molecule has 154 valence electrons. The van der Waals surface area contributed by atoms with E-state index in [4.69, 9.17) is 0 Å². The first kappa shape index (κ1) is 18.8. The Bertz CT molecular complexity index is 852. The third kappa shape index (κ3) is 3.46. The Balaban J connectivity index is 1.31. The highest BCUT2D eigenvalue weighted by molar-refractivity contribution is 6.05. The van der Waals surface area contributed by atoms with Gasteiger partial charge in [0.1, 0.15) is 6.04 Å². The summed E-state index contributed by atoms with van der Waals surface area (Å²) in [5.74, 6) is -0.711. The molecule has 7 heteroatoms. The van der Waals surface area contributed by atoms with Gasteiger partial charge in [-0.2, -0.15) is 0 Å². The Kier molecular flexibility index (Phi) is 4.87. The summed E-state index contributed by atoms with van der Waals surface area (Å²) >= 11 is 0. The number of rotatable bonds is 3. The highest BCUT2D eigenvalue weighted by Gasteiger charge is 2.39. The van der Waals surface area contributed by atoms with E-state index >= 15 is 0 Å². The van der Waals surface area contributed by atoms with Crippen molar-refractivity contribution in [2.75, 3.05) is 13.1 Å². The van der Waals surface area contributed by atoms with Crippen molar-refractivity contribution in [2.24, 2.45) is 0 Å². The quantitative estimate of drug-likeness (QED) is 0.750. The van der Waals surface area contributed by atoms with E-state index in [9.17, 15) is 14.4 Å². The minimum atomic E-state index is -0.549. The highest BCUT2D eigenvalue weighted by Crippen LogP contribution is 2.30. The predicted octanol–water partition coefficient (Wildman–Crippen LogP) is 1.16. The standard InChI is InChI=1S/C22H28N4O3/c27-20-8-7-19(21(28)24-20)26-13-15-11-14(5-6-16(15)22(26)29)12-25-10-9-23-17-3-1-2-4-18(17)25/h5-6,11,17-19,23H,1-4,7-10,12-13H2,(H,24,27,28). The van der Waals surface area contributed by atoms with Crippen LogP contribution in [0, 0.1) is 0 Å². The first-order valence-corrected chi connectivity index (χ1v) is 10.8. The van der Waals surface area contributed by atoms with Crippen LogP contribution in [0.15, 0.2) is 18.2 Å². The van der Waals surface area contributed by atoms with Crippen molar-refractivity contribution in [1.82, 2.24) is 20.4 Å². The van der Waals surface area contributed by atoms with Gasteiger partial charge in [-0.3, -0.25) is 24.6 Å². The van der Waals surface area contributed by atoms with Gasteiger partial charge in [0, 0.05) is 50.2 Å². The molecule has 5 rings (SSSR count). The molecule has 1 aliphatic carbocycles. The van der Waals surface area contributed by atoms with Crippen molar-refractivity contribution in [3.8, 4) is 0 Å². The number of nitrogens with zero attached hydrogens (tertiary/aromatic N) is 2. The summed E-state index contributed by atoms with van der Waals surface area (Å²) in [5, 5.41) is 6.04. The fourth-order valence-corrected chi connectivity index (χ4v) is 5.50. The van der Waals surface area contributed by atoms with Gasteiger partial charge in [0.15, 0.2) is 0 Å². The molecule has 3 amide bonds. The van der Waals surface area contributed by atoms with Crippen LogP contribution in [0.2, 0.25) is 0 Å². The third-order valence-corrected chi connectivity index (χ3v) is 6.98. The number of nitrogens with one attached hydrogen (secondary N) is 2. The van der Waals surface area contributed by atoms with E-state index < -0.39 is 6.04 Å². The predicted molar refractivity (Wildman–Crippen MR) is 107 cm³/mol. The molecular weight excluding hydrogens is 368 g/mol. The summed E-state index contributed by atoms with van der Waals surface area (Å²) in [6, 6.07) is 6.78. The van der Waals surface area contributed by atoms with Crippen LogP contribution in [-0.4, -0.2) is 58.7 Å². The zero-order valence-corrected chi connectivity index (χ0v) is 16.7. The Morgan fingerprint density at radius 2 is 1.93 bits per heavy atom. The van der Waals surface area contributed by atoms with Crippen LogP contribution < -0.4 is 10.6 Å². The molecule has 3 aliphatic heterocycles. The van der Waals surface area contributed by atoms with Gasteiger partial charge < -0.3 is 10.2 Å². The van der Waals surface area contributed by atoms with Crippen molar-refractivity contribution in [3.05, 3.63) is 34.9 Å². The van der Waals surface area contributed by atoms with E-state index in [1.54, 1.807) is 4.90 Å². The molecule has 0 aromatic heterocycles. The topological polar surface area (TPSA) is 81.8 Å². The van der Waals surface area contributed by atoms with E-state index in [1.165, 1.54) is 31.2 Å². The Morgan fingerprint density at radius 1 is 1.07 bits per heavy atom. The molecule has 4 aliphatic rings. The molecular formula is C22H28N4O3. The lowest BCUT2D eigenvalue weighted by atomic mass is 9.87. The van der Waals surface area contributed by atoms with Crippen LogP contribution >= 0.6 is 0 Å². The number of hydrogen-bond acceptors (Lipinski definition) is 5. The number of carbonyl (C=O) groups excluding carboxylic acids is 3. The third-order valence-electron chi connectivity index (χ3n) is 6.98. The molecule has 1 aromatic rings. The van der Waals surface area contributed by atoms with Gasteiger partial charge in [-0.1, -0.05) is 25.0 Å². The summed E-state index contributed by atoms with van der Waals surface area (Å²) in [6.07, 6.45) is 5.83. The summed E-state index contributed by atoms with van der Waals surface area (Å²) in [7, 11) is 0. The molecule has 3 atom stereocenters. The maximum atomic E-state index is 12.9. The van der Waals surface area contributed by atoms with Crippen molar-refractivity contribution in [1.29, 1.82) is 0 Å². The van der Waals surface area contributed by atoms with Gasteiger partial charge in [-0.25, -0.2) is 0 Å². The number of imide groups is 1. The average Bonchev–Trinajstić information content (AvgIpc) is 3.04. The first-order chi connectivity index (χ1) is 14.1. The second-order valence-electron chi connectivity index (χ2n) is 8.77. The second kappa shape index (κ2) is 7.54. The maximum absolute atomic E-state index is 12.9. The number of carbonyl (C=O) groups is 3. The summed E-state index contributed by atoms with van der Waals surface area (Å²) < 4.78 is 0. The van der Waals surface area contributed by atoms with E-state index in [1.807, 2.05) is 6.07 Å². The van der Waals surface area contributed by atoms with Crippen LogP contribution in [0.3, 0.4) is 0 Å². The smallest absolute Gasteiger partial charge is 0.255 e. The zero-order chi connectivity index (χ0) is 20.0. The Labute approximate surface area is 170 Å². The zero-order valence-electron chi connectivity index (χ0n) is 16.7. The fraction of sp³-hybridized carbons (Fsp3) is 0.591. The summed E-state index contributed by atoms with van der Waals surface area (Å²) in [5.41, 5.74) is 2.91. The van der Waals surface area contributed by atoms with Crippen molar-refractivity contribution < 1.29 is 14.4 Å². The SMILES string of the molecule is O=C1CCC(N2Cc3cc(CN4CCNC5CCCCC54)ccc3C2=O)C(=O)N1. The number of piperazine rings is 1. The molecule has 29 heavy (non-hydrogen) atoms. The summed E-state index contributed by atoms with van der Waals surface area (Å²) in [6.45, 7) is 3.44. The van der Waals surface area contributed by atoms with Crippen LogP contribution in [0.25, 0.3) is 0 Å². The molecule has 7 nitrogen and oxygen atoms in total. The van der Waals surface area contributed by atoms with Gasteiger partial charge in [-0.05, 0) is 36.5 Å². The lowest BCUT2D eigenvalue weighted by Gasteiger charge is -2.44. The molecule has 0 spiro atoms. The van der Waals surface area contributed by atoms with Gasteiger partial charge in [0.25, 0.3) is 5.91 Å². The van der Waals surface area contributed by atoms with Crippen molar-refractivity contribution >= 4 is 17.7 Å². The lowest BCUT2D eigenvalue weighted by Crippen LogP contribution is -2.58. The molecule has 2 N–H and O–H groups in total. The first-order valence-electron chi connectivity index (χ1n) is 10.8. The normalized spacial score (nSPS) is 30.1. The number of piperidine rings is 1. The highest BCUT2D eigenvalue weighted by atomic mass is 16.2. The second-order valence-corrected chi connectivity index (χ2v) is 8.77. The maximum Gasteiger partial charge on any atom is 0.255 e. The molecule has 3 fully saturated rings. The largest absolute Gasteiger partial charge is 0.322 e. The van der Waals surface area contributed by atoms with E-state index in [2.05, 4.69) is 27.7 Å². The van der Waals surface area contributed by atoms with Gasteiger partial charge >= 0.3 is 0 Å². The molecule has 1 aromatic carbocycles. The summed E-state index contributed by atoms with van der Waals surface area (Å²) in [4.78, 5) is 40.7. The van der Waals surface area contributed by atoms with Crippen LogP contribution in [0.5, 0.6) is 0 Å². The van der Waals surface area contributed by atoms with Crippen LogP contribution in [-0.2, 0) is 22.7 Å². The molecule has 0 radical (unpaired) electrons. The Hall–Kier alpha value is -2.25. The number of fused-ring (bicyclic) bond motifs is 2. The van der Waals surface area contributed by atoms with Crippen molar-refractivity contribution in [3.63, 3.8) is 0 Å². The van der Waals surface area contributed by atoms with E-state index in [0.717, 1.165) is 25.2 Å². The fourth-order valence-electron chi connectivity index (χ4n) is 5.50. The molecule has 0 bridgehead atoms. The Morgan fingerprint density at radius 3 is 2.79 bits per heavy atom. The number of amides is 3. The van der Waals surface area contributed by atoms with Crippen LogP contribution in [0.4, 0.5) is 0 Å². The minimum absolute atomic E-state index is 0.101. The molecule has 2 saturated heterocycles. The van der Waals surface area contributed by atoms with E-state index in [0.29, 0.717) is 30.6 Å². The molecule has 1 saturated carbocycles. The lowest BCUT2D eigenvalue weighted by molar-refractivity contribution is -0.136. The van der Waals surface area contributed by atoms with Gasteiger partial charge in [-0.15, -0.1) is 0 Å². The van der Waals surface area contributed by atoms with Crippen molar-refractivity contribution in [2.45, 2.75) is 69.7 Å². The minimum Gasteiger partial charge on any atom is -0.322 e. The number of hydrogen-bond donors (Lipinski definition) is 2. The molecule has 3 heterocycles. The van der Waals surface area contributed by atoms with E-state index in [-0.39, 0.29) is 24.1 Å².